The van der Waals surface area contributed by atoms with Crippen LogP contribution in [0.3, 0.4) is 0 Å². The van der Waals surface area contributed by atoms with Crippen molar-refractivity contribution in [3.05, 3.63) is 64.7 Å². The largest absolute Gasteiger partial charge is 0.496 e. The molecule has 0 unspecified atom stereocenters. The third kappa shape index (κ3) is 3.82. The summed E-state index contributed by atoms with van der Waals surface area (Å²) < 4.78 is 14.8. The van der Waals surface area contributed by atoms with Gasteiger partial charge in [0, 0.05) is 0 Å². The van der Waals surface area contributed by atoms with E-state index in [0.717, 1.165) is 4.90 Å². The SMILES string of the molecule is COC(=O)[C@@H](C)OC(=O)c1cc(CN2C(=O)c3ccccc3C2=O)ccc1OC. The normalized spacial score (nSPS) is 13.7. The number of fused-ring (bicyclic) bond motifs is 1. The number of carbonyl (C=O) groups excluding carboxylic acids is 4. The van der Waals surface area contributed by atoms with Crippen molar-refractivity contribution < 1.29 is 33.4 Å². The molecule has 1 heterocycles. The quantitative estimate of drug-likeness (QED) is 0.544. The Balaban J connectivity index is 1.84. The Labute approximate surface area is 167 Å². The van der Waals surface area contributed by atoms with Gasteiger partial charge in [-0.15, -0.1) is 0 Å². The number of imide groups is 1. The summed E-state index contributed by atoms with van der Waals surface area (Å²) >= 11 is 0. The van der Waals surface area contributed by atoms with Crippen LogP contribution in [0.4, 0.5) is 0 Å². The molecule has 0 N–H and O–H groups in total. The lowest BCUT2D eigenvalue weighted by Crippen LogP contribution is -2.29. The lowest BCUT2D eigenvalue weighted by Gasteiger charge is -2.16. The Morgan fingerprint density at radius 1 is 1.00 bits per heavy atom. The maximum absolute atomic E-state index is 12.5. The monoisotopic (exact) mass is 397 g/mol. The van der Waals surface area contributed by atoms with Gasteiger partial charge >= 0.3 is 11.9 Å². The number of benzene rings is 2. The predicted octanol–water partition coefficient (Wildman–Crippen LogP) is 2.21. The van der Waals surface area contributed by atoms with Crippen molar-refractivity contribution >= 4 is 23.8 Å². The van der Waals surface area contributed by atoms with Gasteiger partial charge in [-0.3, -0.25) is 14.5 Å². The number of carbonyl (C=O) groups is 4. The summed E-state index contributed by atoms with van der Waals surface area (Å²) in [6.07, 6.45) is -1.10. The maximum Gasteiger partial charge on any atom is 0.346 e. The Hall–Kier alpha value is -3.68. The number of esters is 2. The summed E-state index contributed by atoms with van der Waals surface area (Å²) in [5, 5.41) is 0. The average Bonchev–Trinajstić information content (AvgIpc) is 2.98. The molecule has 0 aromatic heterocycles. The summed E-state index contributed by atoms with van der Waals surface area (Å²) in [7, 11) is 2.58. The molecule has 0 spiro atoms. The molecule has 2 aromatic carbocycles. The number of methoxy groups -OCH3 is 2. The summed E-state index contributed by atoms with van der Waals surface area (Å²) in [6.45, 7) is 1.36. The average molecular weight is 397 g/mol. The van der Waals surface area contributed by atoms with Gasteiger partial charge in [0.2, 0.25) is 0 Å². The minimum absolute atomic E-state index is 0.0246. The second-order valence-electron chi connectivity index (χ2n) is 6.35. The standard InChI is InChI=1S/C21H19NO7/c1-12(20(25)28-3)29-21(26)16-10-13(8-9-17(16)27-2)11-22-18(23)14-6-4-5-7-15(14)19(22)24/h4-10,12H,11H2,1-3H3/t12-/m1/s1. The number of ether oxygens (including phenoxy) is 3. The van der Waals surface area contributed by atoms with Crippen molar-refractivity contribution in [3.63, 3.8) is 0 Å². The van der Waals surface area contributed by atoms with Crippen LogP contribution in [0.15, 0.2) is 42.5 Å². The van der Waals surface area contributed by atoms with E-state index in [0.29, 0.717) is 16.7 Å². The highest BCUT2D eigenvalue weighted by molar-refractivity contribution is 6.21. The predicted molar refractivity (Wildman–Crippen MR) is 101 cm³/mol. The molecule has 1 aliphatic heterocycles. The smallest absolute Gasteiger partial charge is 0.346 e. The zero-order valence-corrected chi connectivity index (χ0v) is 16.1. The van der Waals surface area contributed by atoms with Crippen molar-refractivity contribution in [3.8, 4) is 5.75 Å². The zero-order chi connectivity index (χ0) is 21.1. The first kappa shape index (κ1) is 20.1. The van der Waals surface area contributed by atoms with Gasteiger partial charge in [-0.2, -0.15) is 0 Å². The van der Waals surface area contributed by atoms with Gasteiger partial charge in [0.15, 0.2) is 6.10 Å². The first-order chi connectivity index (χ1) is 13.9. The molecule has 1 aliphatic rings. The fourth-order valence-electron chi connectivity index (χ4n) is 3.02. The summed E-state index contributed by atoms with van der Waals surface area (Å²) in [4.78, 5) is 50.2. The third-order valence-corrected chi connectivity index (χ3v) is 4.52. The van der Waals surface area contributed by atoms with Gasteiger partial charge in [0.1, 0.15) is 11.3 Å². The van der Waals surface area contributed by atoms with E-state index in [2.05, 4.69) is 4.74 Å². The van der Waals surface area contributed by atoms with Gasteiger partial charge in [-0.1, -0.05) is 18.2 Å². The zero-order valence-electron chi connectivity index (χ0n) is 16.1. The molecular formula is C21H19NO7. The van der Waals surface area contributed by atoms with Crippen LogP contribution >= 0.6 is 0 Å². The van der Waals surface area contributed by atoms with Crippen molar-refractivity contribution in [2.75, 3.05) is 14.2 Å². The maximum atomic E-state index is 12.5. The van der Waals surface area contributed by atoms with E-state index in [-0.39, 0.29) is 17.9 Å². The molecule has 3 rings (SSSR count). The second-order valence-corrected chi connectivity index (χ2v) is 6.35. The van der Waals surface area contributed by atoms with Gasteiger partial charge in [0.25, 0.3) is 11.8 Å². The molecule has 2 amide bonds. The topological polar surface area (TPSA) is 99.2 Å². The number of rotatable bonds is 6. The Kier molecular flexibility index (Phi) is 5.63. The molecule has 0 radical (unpaired) electrons. The summed E-state index contributed by atoms with van der Waals surface area (Å²) in [6, 6.07) is 11.2. The van der Waals surface area contributed by atoms with E-state index in [9.17, 15) is 19.2 Å². The molecule has 2 aromatic rings. The van der Waals surface area contributed by atoms with Crippen LogP contribution in [0, 0.1) is 0 Å². The van der Waals surface area contributed by atoms with Crippen LogP contribution in [0.1, 0.15) is 43.6 Å². The minimum Gasteiger partial charge on any atom is -0.496 e. The minimum atomic E-state index is -1.10. The highest BCUT2D eigenvalue weighted by Gasteiger charge is 2.35. The van der Waals surface area contributed by atoms with Crippen LogP contribution in [0.5, 0.6) is 5.75 Å². The Morgan fingerprint density at radius 3 is 2.17 bits per heavy atom. The van der Waals surface area contributed by atoms with Crippen molar-refractivity contribution in [1.29, 1.82) is 0 Å². The van der Waals surface area contributed by atoms with Crippen molar-refractivity contribution in [2.45, 2.75) is 19.6 Å². The fraction of sp³-hybridized carbons (Fsp3) is 0.238. The second kappa shape index (κ2) is 8.14. The van der Waals surface area contributed by atoms with Gasteiger partial charge < -0.3 is 14.2 Å². The first-order valence-corrected chi connectivity index (χ1v) is 8.78. The molecule has 0 bridgehead atoms. The fourth-order valence-corrected chi connectivity index (χ4v) is 3.02. The Bertz CT molecular complexity index is 963. The van der Waals surface area contributed by atoms with Crippen molar-refractivity contribution in [2.24, 2.45) is 0 Å². The molecule has 1 atom stereocenters. The van der Waals surface area contributed by atoms with E-state index in [1.165, 1.54) is 33.3 Å². The highest BCUT2D eigenvalue weighted by Crippen LogP contribution is 2.27. The molecule has 0 saturated heterocycles. The summed E-state index contributed by atoms with van der Waals surface area (Å²) in [5.41, 5.74) is 1.28. The van der Waals surface area contributed by atoms with E-state index < -0.39 is 29.9 Å². The van der Waals surface area contributed by atoms with E-state index in [1.54, 1.807) is 30.3 Å². The van der Waals surface area contributed by atoms with Crippen LogP contribution < -0.4 is 4.74 Å². The van der Waals surface area contributed by atoms with E-state index >= 15 is 0 Å². The number of nitrogens with zero attached hydrogens (tertiary/aromatic N) is 1. The van der Waals surface area contributed by atoms with Gasteiger partial charge in [-0.05, 0) is 36.8 Å². The van der Waals surface area contributed by atoms with Crippen molar-refractivity contribution in [1.82, 2.24) is 4.90 Å². The van der Waals surface area contributed by atoms with Gasteiger partial charge in [-0.25, -0.2) is 9.59 Å². The first-order valence-electron chi connectivity index (χ1n) is 8.78. The highest BCUT2D eigenvalue weighted by atomic mass is 16.6. The lowest BCUT2D eigenvalue weighted by molar-refractivity contribution is -0.149. The molecule has 0 saturated carbocycles. The molecule has 8 heteroatoms. The molecule has 0 fully saturated rings. The number of hydrogen-bond donors (Lipinski definition) is 0. The van der Waals surface area contributed by atoms with Crippen LogP contribution in [-0.2, 0) is 20.8 Å². The Morgan fingerprint density at radius 2 is 1.62 bits per heavy atom. The van der Waals surface area contributed by atoms with Crippen LogP contribution in [0.25, 0.3) is 0 Å². The van der Waals surface area contributed by atoms with Crippen LogP contribution in [0.2, 0.25) is 0 Å². The third-order valence-electron chi connectivity index (χ3n) is 4.52. The molecule has 150 valence electrons. The molecule has 8 nitrogen and oxygen atoms in total. The number of amides is 2. The molecule has 0 aliphatic carbocycles. The molecular weight excluding hydrogens is 378 g/mol. The molecule has 29 heavy (non-hydrogen) atoms. The van der Waals surface area contributed by atoms with E-state index in [1.807, 2.05) is 0 Å². The van der Waals surface area contributed by atoms with E-state index in [4.69, 9.17) is 9.47 Å². The van der Waals surface area contributed by atoms with Gasteiger partial charge in [0.05, 0.1) is 31.9 Å². The number of hydrogen-bond acceptors (Lipinski definition) is 7. The van der Waals surface area contributed by atoms with Crippen LogP contribution in [-0.4, -0.2) is 49.0 Å². The lowest BCUT2D eigenvalue weighted by atomic mass is 10.1. The summed E-state index contributed by atoms with van der Waals surface area (Å²) in [5.74, 6) is -2.05.